The van der Waals surface area contributed by atoms with Crippen LogP contribution in [0.4, 0.5) is 4.39 Å². The summed E-state index contributed by atoms with van der Waals surface area (Å²) in [6, 6.07) is 18.4. The maximum atomic E-state index is 13.5. The second-order valence-corrected chi connectivity index (χ2v) is 6.65. The van der Waals surface area contributed by atoms with Gasteiger partial charge in [0.05, 0.1) is 25.7 Å². The summed E-state index contributed by atoms with van der Waals surface area (Å²) in [4.78, 5) is 0. The molecule has 0 atom stereocenters. The van der Waals surface area contributed by atoms with Crippen molar-refractivity contribution >= 4 is 0 Å². The lowest BCUT2D eigenvalue weighted by Crippen LogP contribution is -2.64. The van der Waals surface area contributed by atoms with Gasteiger partial charge in [0.2, 0.25) is 0 Å². The first kappa shape index (κ1) is 17.0. The lowest BCUT2D eigenvalue weighted by Gasteiger charge is -2.35. The molecule has 1 aliphatic heterocycles. The van der Waals surface area contributed by atoms with E-state index in [1.54, 1.807) is 48.5 Å². The summed E-state index contributed by atoms with van der Waals surface area (Å²) in [6.45, 7) is 0. The number of hydrogen-bond donors (Lipinski definition) is 0. The van der Waals surface area contributed by atoms with Gasteiger partial charge >= 0.3 is 5.60 Å². The molecule has 1 aliphatic rings. The minimum atomic E-state index is -4.81. The molecular weight excluding hydrogens is 363 g/mol. The molecule has 3 aromatic rings. The number of halogens is 2. The quantitative estimate of drug-likeness (QED) is 0.686. The van der Waals surface area contributed by atoms with Crippen molar-refractivity contribution in [1.29, 1.82) is 0 Å². The molecule has 0 radical (unpaired) electrons. The highest BCUT2D eigenvalue weighted by Gasteiger charge is 2.56. The van der Waals surface area contributed by atoms with Crippen molar-refractivity contribution in [2.75, 3.05) is 0 Å². The van der Waals surface area contributed by atoms with Gasteiger partial charge in [-0.3, -0.25) is 0 Å². The van der Waals surface area contributed by atoms with E-state index in [4.69, 9.17) is 9.03 Å². The van der Waals surface area contributed by atoms with E-state index < -0.39 is 21.7 Å². The van der Waals surface area contributed by atoms with Crippen LogP contribution in [0.25, 0.3) is 0 Å². The summed E-state index contributed by atoms with van der Waals surface area (Å²) in [7, 11) is -4.81. The third kappa shape index (κ3) is 2.74. The van der Waals surface area contributed by atoms with Crippen LogP contribution in [-0.2, 0) is 9.89 Å². The van der Waals surface area contributed by atoms with E-state index in [0.717, 1.165) is 0 Å². The Morgan fingerprint density at radius 1 is 0.769 bits per heavy atom. The molecule has 132 valence electrons. The first-order valence-corrected chi connectivity index (χ1v) is 8.88. The Morgan fingerprint density at radius 3 is 1.77 bits per heavy atom. The molecule has 0 aromatic heterocycles. The molecule has 5 nitrogen and oxygen atoms in total. The van der Waals surface area contributed by atoms with Crippen LogP contribution in [0.3, 0.4) is 0 Å². The topological polar surface area (TPSA) is 87.6 Å². The minimum Gasteiger partial charge on any atom is -0.456 e. The average Bonchev–Trinajstić information content (AvgIpc) is 2.61. The number of fused-ring (bicyclic) bond motifs is 2. The first-order chi connectivity index (χ1) is 12.4. The van der Waals surface area contributed by atoms with Gasteiger partial charge in [-0.25, -0.2) is 4.39 Å². The fourth-order valence-corrected chi connectivity index (χ4v) is 3.76. The van der Waals surface area contributed by atoms with E-state index in [-0.39, 0.29) is 5.56 Å². The van der Waals surface area contributed by atoms with Gasteiger partial charge in [-0.15, -0.1) is 0 Å². The molecule has 0 amide bonds. The Labute approximate surface area is 150 Å². The van der Waals surface area contributed by atoms with Crippen molar-refractivity contribution in [2.45, 2.75) is 5.60 Å². The van der Waals surface area contributed by atoms with Crippen LogP contribution in [-0.4, -0.2) is 0 Å². The predicted octanol–water partition coefficient (Wildman–Crippen LogP) is 1.14. The second kappa shape index (κ2) is 6.05. The van der Waals surface area contributed by atoms with Crippen molar-refractivity contribution in [1.82, 2.24) is 0 Å². The van der Waals surface area contributed by atoms with Crippen LogP contribution in [0.2, 0.25) is 0 Å². The van der Waals surface area contributed by atoms with Crippen LogP contribution >= 0.6 is 0 Å². The molecule has 0 bridgehead atoms. The normalized spacial score (nSPS) is 14.9. The van der Waals surface area contributed by atoms with E-state index in [0.29, 0.717) is 22.6 Å². The van der Waals surface area contributed by atoms with Gasteiger partial charge in [0.15, 0.2) is 0 Å². The number of para-hydroxylation sites is 2. The van der Waals surface area contributed by atoms with Gasteiger partial charge < -0.3 is 4.74 Å². The van der Waals surface area contributed by atoms with E-state index in [2.05, 4.69) is 0 Å². The molecule has 0 fully saturated rings. The summed E-state index contributed by atoms with van der Waals surface area (Å²) in [5.74, 6) is 0.184. The molecule has 0 N–H and O–H groups in total. The summed E-state index contributed by atoms with van der Waals surface area (Å²) in [6.07, 6.45) is 0. The van der Waals surface area contributed by atoms with Crippen molar-refractivity contribution in [3.63, 3.8) is 0 Å². The Hall–Kier alpha value is -2.48. The predicted molar refractivity (Wildman–Crippen MR) is 80.3 cm³/mol. The fraction of sp³-hybridized carbons (Fsp3) is 0.0526. The standard InChI is InChI=1S/C19H12ClFO5/c21-14-11-9-13(10-12-14)19(26-20(22,23)24)15-5-1-3-7-17(15)25-18-8-4-2-6-16(18)19/h1-12H. The van der Waals surface area contributed by atoms with E-state index in [9.17, 15) is 18.4 Å². The van der Waals surface area contributed by atoms with Gasteiger partial charge in [-0.05, 0) is 24.3 Å². The molecule has 26 heavy (non-hydrogen) atoms. The maximum Gasteiger partial charge on any atom is 0.305 e. The van der Waals surface area contributed by atoms with Crippen LogP contribution in [0.1, 0.15) is 16.7 Å². The Kier molecular flexibility index (Phi) is 3.95. The Balaban J connectivity index is 2.08. The van der Waals surface area contributed by atoms with Crippen LogP contribution in [0.15, 0.2) is 72.8 Å². The SMILES string of the molecule is [O-][Cl+3]([O-])([O-])OC1(c2ccc(F)cc2)c2ccccc2Oc2ccccc21. The smallest absolute Gasteiger partial charge is 0.305 e. The maximum absolute atomic E-state index is 13.5. The fourth-order valence-electron chi connectivity index (χ4n) is 3.22. The zero-order chi connectivity index (χ0) is 18.4. The highest BCUT2D eigenvalue weighted by atomic mass is 35.7. The lowest BCUT2D eigenvalue weighted by atomic mass is 9.78. The minimum absolute atomic E-state index is 0.286. The molecule has 0 aliphatic carbocycles. The van der Waals surface area contributed by atoms with Crippen molar-refractivity contribution in [3.05, 3.63) is 95.3 Å². The monoisotopic (exact) mass is 374 g/mol. The van der Waals surface area contributed by atoms with Crippen molar-refractivity contribution in [3.8, 4) is 11.5 Å². The van der Waals surface area contributed by atoms with E-state index >= 15 is 0 Å². The first-order valence-electron chi connectivity index (χ1n) is 7.64. The highest BCUT2D eigenvalue weighted by molar-refractivity contribution is 5.60. The van der Waals surface area contributed by atoms with Gasteiger partial charge in [-0.1, -0.05) is 48.5 Å². The van der Waals surface area contributed by atoms with Crippen LogP contribution in [0.5, 0.6) is 11.5 Å². The molecule has 0 unspecified atom stereocenters. The van der Waals surface area contributed by atoms with Crippen molar-refractivity contribution in [2.24, 2.45) is 0 Å². The third-order valence-corrected chi connectivity index (χ3v) is 4.63. The molecule has 0 saturated carbocycles. The number of benzene rings is 3. The number of ether oxygens (including phenoxy) is 1. The molecule has 1 heterocycles. The third-order valence-electron chi connectivity index (χ3n) is 4.21. The van der Waals surface area contributed by atoms with Gasteiger partial charge in [-0.2, -0.15) is 14.0 Å². The van der Waals surface area contributed by atoms with E-state index in [1.165, 1.54) is 24.3 Å². The molecular formula is C19H12ClFO5. The molecule has 4 rings (SSSR count). The Morgan fingerprint density at radius 2 is 1.27 bits per heavy atom. The van der Waals surface area contributed by atoms with Gasteiger partial charge in [0, 0.05) is 5.56 Å². The summed E-state index contributed by atoms with van der Waals surface area (Å²) < 4.78 is 59.4. The van der Waals surface area contributed by atoms with Crippen molar-refractivity contribution < 1.29 is 37.6 Å². The number of rotatable bonds is 3. The van der Waals surface area contributed by atoms with Gasteiger partial charge in [0.1, 0.15) is 17.3 Å². The summed E-state index contributed by atoms with van der Waals surface area (Å²) in [5, 5.41) is 0. The zero-order valence-corrected chi connectivity index (χ0v) is 14.0. The van der Waals surface area contributed by atoms with Crippen LogP contribution < -0.4 is 18.7 Å². The molecule has 0 spiro atoms. The molecule has 7 heteroatoms. The largest absolute Gasteiger partial charge is 0.456 e. The highest BCUT2D eigenvalue weighted by Crippen LogP contribution is 2.52. The average molecular weight is 375 g/mol. The molecule has 3 aromatic carbocycles. The zero-order valence-electron chi connectivity index (χ0n) is 13.2. The summed E-state index contributed by atoms with van der Waals surface area (Å²) >= 11 is 0. The lowest BCUT2D eigenvalue weighted by molar-refractivity contribution is -1.92. The van der Waals surface area contributed by atoms with Gasteiger partial charge in [0.25, 0.3) is 0 Å². The molecule has 0 saturated heterocycles. The Bertz CT molecular complexity index is 907. The number of hydrogen-bond acceptors (Lipinski definition) is 5. The van der Waals surface area contributed by atoms with Crippen LogP contribution in [0, 0.1) is 16.1 Å². The second-order valence-electron chi connectivity index (χ2n) is 5.74. The van der Waals surface area contributed by atoms with E-state index in [1.807, 2.05) is 0 Å². The summed E-state index contributed by atoms with van der Waals surface area (Å²) in [5.41, 5.74) is -0.843.